The molecule has 0 aliphatic carbocycles. The topological polar surface area (TPSA) is 66.0 Å². The number of rotatable bonds is 8. The Labute approximate surface area is 178 Å². The highest BCUT2D eigenvalue weighted by Gasteiger charge is 2.18. The van der Waals surface area contributed by atoms with Crippen LogP contribution in [0.1, 0.15) is 18.5 Å². The second-order valence-electron chi connectivity index (χ2n) is 5.73. The molecule has 1 N–H and O–H groups in total. The molecule has 1 unspecified atom stereocenters. The van der Waals surface area contributed by atoms with Crippen LogP contribution in [0.4, 0.5) is 0 Å². The van der Waals surface area contributed by atoms with E-state index in [2.05, 4.69) is 5.32 Å². The number of benzene rings is 2. The minimum absolute atomic E-state index is 0.244. The van der Waals surface area contributed by atoms with Crippen molar-refractivity contribution < 1.29 is 23.7 Å². The lowest BCUT2D eigenvalue weighted by Gasteiger charge is -2.19. The smallest absolute Gasteiger partial charge is 0.258 e. The van der Waals surface area contributed by atoms with Gasteiger partial charge in [0.1, 0.15) is 5.75 Å². The first-order chi connectivity index (χ1) is 13.3. The van der Waals surface area contributed by atoms with E-state index in [0.29, 0.717) is 22.3 Å². The van der Waals surface area contributed by atoms with Crippen LogP contribution in [-0.2, 0) is 4.79 Å². The summed E-state index contributed by atoms with van der Waals surface area (Å²) in [6.45, 7) is 1.58. The molecule has 0 aromatic heterocycles. The van der Waals surface area contributed by atoms with Gasteiger partial charge in [-0.15, -0.1) is 0 Å². The van der Waals surface area contributed by atoms with Crippen LogP contribution in [0.5, 0.6) is 23.0 Å². The van der Waals surface area contributed by atoms with Gasteiger partial charge in [0.2, 0.25) is 5.75 Å². The van der Waals surface area contributed by atoms with Crippen LogP contribution in [0.3, 0.4) is 0 Å². The van der Waals surface area contributed by atoms with Crippen molar-refractivity contribution in [3.05, 3.63) is 44.9 Å². The molecule has 0 aliphatic heterocycles. The lowest BCUT2D eigenvalue weighted by molar-refractivity contribution is -0.123. The Hall–Kier alpha value is -2.02. The monoisotopic (exact) mass is 447 g/mol. The first-order valence-electron chi connectivity index (χ1n) is 8.17. The molecule has 28 heavy (non-hydrogen) atoms. The maximum atomic E-state index is 12.3. The first kappa shape index (κ1) is 22.3. The summed E-state index contributed by atoms with van der Waals surface area (Å²) in [6.07, 6.45) is 0. The van der Waals surface area contributed by atoms with Crippen molar-refractivity contribution >= 4 is 40.7 Å². The Morgan fingerprint density at radius 2 is 1.46 bits per heavy atom. The Morgan fingerprint density at radius 1 is 0.893 bits per heavy atom. The zero-order valence-corrected chi connectivity index (χ0v) is 18.0. The number of halogens is 3. The van der Waals surface area contributed by atoms with Crippen molar-refractivity contribution in [2.45, 2.75) is 13.0 Å². The lowest BCUT2D eigenvalue weighted by Crippen LogP contribution is -2.31. The van der Waals surface area contributed by atoms with Crippen molar-refractivity contribution in [1.82, 2.24) is 5.32 Å². The summed E-state index contributed by atoms with van der Waals surface area (Å²) in [5.41, 5.74) is 0.774. The molecule has 0 spiro atoms. The van der Waals surface area contributed by atoms with Gasteiger partial charge in [0.25, 0.3) is 5.91 Å². The highest BCUT2D eigenvalue weighted by Crippen LogP contribution is 2.39. The normalized spacial score (nSPS) is 11.5. The number of carbonyl (C=O) groups is 1. The van der Waals surface area contributed by atoms with Crippen LogP contribution in [0, 0.1) is 0 Å². The second kappa shape index (κ2) is 9.96. The molecule has 2 aromatic carbocycles. The number of hydrogen-bond donors (Lipinski definition) is 1. The highest BCUT2D eigenvalue weighted by atomic mass is 35.5. The summed E-state index contributed by atoms with van der Waals surface area (Å²) < 4.78 is 21.4. The number of amides is 1. The average molecular weight is 449 g/mol. The van der Waals surface area contributed by atoms with Crippen LogP contribution in [0.2, 0.25) is 15.1 Å². The molecule has 0 radical (unpaired) electrons. The van der Waals surface area contributed by atoms with Gasteiger partial charge in [0, 0.05) is 6.07 Å². The Bertz CT molecular complexity index is 835. The van der Waals surface area contributed by atoms with Crippen LogP contribution >= 0.6 is 34.8 Å². The molecular weight excluding hydrogens is 429 g/mol. The van der Waals surface area contributed by atoms with Crippen molar-refractivity contribution in [3.63, 3.8) is 0 Å². The number of methoxy groups -OCH3 is 3. The minimum atomic E-state index is -0.344. The first-order valence-corrected chi connectivity index (χ1v) is 9.30. The number of nitrogens with one attached hydrogen (secondary N) is 1. The largest absolute Gasteiger partial charge is 0.493 e. The minimum Gasteiger partial charge on any atom is -0.493 e. The maximum Gasteiger partial charge on any atom is 0.258 e. The molecule has 0 fully saturated rings. The molecule has 1 amide bonds. The molecule has 0 bridgehead atoms. The van der Waals surface area contributed by atoms with Gasteiger partial charge >= 0.3 is 0 Å². The van der Waals surface area contributed by atoms with Crippen molar-refractivity contribution in [2.24, 2.45) is 0 Å². The molecular formula is C19H20Cl3NO5. The summed E-state index contributed by atoms with van der Waals surface area (Å²) in [4.78, 5) is 12.3. The SMILES string of the molecule is COc1cc(C(C)NC(=O)COc2cc(Cl)c(Cl)cc2Cl)cc(OC)c1OC. The predicted molar refractivity (Wildman–Crippen MR) is 110 cm³/mol. The van der Waals surface area contributed by atoms with Crippen LogP contribution in [-0.4, -0.2) is 33.8 Å². The van der Waals surface area contributed by atoms with E-state index in [1.54, 1.807) is 12.1 Å². The zero-order chi connectivity index (χ0) is 20.8. The summed E-state index contributed by atoms with van der Waals surface area (Å²) in [6, 6.07) is 6.11. The third kappa shape index (κ3) is 5.28. The van der Waals surface area contributed by atoms with Gasteiger partial charge in [-0.25, -0.2) is 0 Å². The van der Waals surface area contributed by atoms with E-state index in [0.717, 1.165) is 5.56 Å². The standard InChI is InChI=1S/C19H20Cl3NO5/c1-10(11-5-16(25-2)19(27-4)17(6-11)26-3)23-18(24)9-28-15-8-13(21)12(20)7-14(15)22/h5-8,10H,9H2,1-4H3,(H,23,24). The van der Waals surface area contributed by atoms with Gasteiger partial charge in [-0.2, -0.15) is 0 Å². The molecule has 0 heterocycles. The van der Waals surface area contributed by atoms with Crippen molar-refractivity contribution in [3.8, 4) is 23.0 Å². The van der Waals surface area contributed by atoms with Crippen LogP contribution in [0.25, 0.3) is 0 Å². The van der Waals surface area contributed by atoms with E-state index in [1.165, 1.54) is 33.5 Å². The predicted octanol–water partition coefficient (Wildman–Crippen LogP) is 4.93. The third-order valence-electron chi connectivity index (χ3n) is 3.90. The zero-order valence-electron chi connectivity index (χ0n) is 15.8. The molecule has 0 aliphatic rings. The van der Waals surface area contributed by atoms with E-state index in [9.17, 15) is 4.79 Å². The molecule has 0 saturated carbocycles. The number of carbonyl (C=O) groups excluding carboxylic acids is 1. The van der Waals surface area contributed by atoms with Gasteiger partial charge in [-0.3, -0.25) is 4.79 Å². The van der Waals surface area contributed by atoms with Crippen molar-refractivity contribution in [2.75, 3.05) is 27.9 Å². The fraction of sp³-hybridized carbons (Fsp3) is 0.316. The second-order valence-corrected chi connectivity index (χ2v) is 6.95. The molecule has 152 valence electrons. The molecule has 0 saturated heterocycles. The molecule has 2 aromatic rings. The molecule has 2 rings (SSSR count). The third-order valence-corrected chi connectivity index (χ3v) is 4.92. The average Bonchev–Trinajstić information content (AvgIpc) is 2.68. The van der Waals surface area contributed by atoms with E-state index < -0.39 is 0 Å². The molecule has 1 atom stereocenters. The van der Waals surface area contributed by atoms with E-state index in [1.807, 2.05) is 6.92 Å². The van der Waals surface area contributed by atoms with E-state index in [4.69, 9.17) is 53.8 Å². The van der Waals surface area contributed by atoms with Gasteiger partial charge in [-0.1, -0.05) is 34.8 Å². The summed E-state index contributed by atoms with van der Waals surface area (Å²) >= 11 is 17.9. The summed E-state index contributed by atoms with van der Waals surface area (Å²) in [7, 11) is 4.58. The fourth-order valence-corrected chi connectivity index (χ4v) is 3.07. The highest BCUT2D eigenvalue weighted by molar-refractivity contribution is 6.43. The van der Waals surface area contributed by atoms with Crippen molar-refractivity contribution in [1.29, 1.82) is 0 Å². The van der Waals surface area contributed by atoms with Crippen LogP contribution < -0.4 is 24.3 Å². The van der Waals surface area contributed by atoms with Gasteiger partial charge < -0.3 is 24.3 Å². The Kier molecular flexibility index (Phi) is 7.92. The van der Waals surface area contributed by atoms with Gasteiger partial charge in [0.15, 0.2) is 18.1 Å². The van der Waals surface area contributed by atoms with Crippen LogP contribution in [0.15, 0.2) is 24.3 Å². The lowest BCUT2D eigenvalue weighted by atomic mass is 10.1. The summed E-state index contributed by atoms with van der Waals surface area (Å²) in [5, 5.41) is 3.69. The molecule has 6 nitrogen and oxygen atoms in total. The molecule has 9 heteroatoms. The maximum absolute atomic E-state index is 12.3. The van der Waals surface area contributed by atoms with E-state index in [-0.39, 0.29) is 34.4 Å². The quantitative estimate of drug-likeness (QED) is 0.580. The Morgan fingerprint density at radius 3 is 2.00 bits per heavy atom. The van der Waals surface area contributed by atoms with Gasteiger partial charge in [0.05, 0.1) is 42.4 Å². The fourth-order valence-electron chi connectivity index (χ4n) is 2.48. The number of hydrogen-bond acceptors (Lipinski definition) is 5. The van der Waals surface area contributed by atoms with Gasteiger partial charge in [-0.05, 0) is 30.7 Å². The number of ether oxygens (including phenoxy) is 4. The Balaban J connectivity index is 2.07. The summed E-state index contributed by atoms with van der Waals surface area (Å²) in [5.74, 6) is 1.40. The van der Waals surface area contributed by atoms with E-state index >= 15 is 0 Å².